The van der Waals surface area contributed by atoms with E-state index in [-0.39, 0.29) is 0 Å². The zero-order valence-electron chi connectivity index (χ0n) is 8.21. The average molecular weight is 187 g/mol. The van der Waals surface area contributed by atoms with E-state index in [0.717, 1.165) is 41.3 Å². The first-order valence-electron chi connectivity index (χ1n) is 4.91. The molecule has 1 heterocycles. The van der Waals surface area contributed by atoms with Crippen LogP contribution < -0.4 is 0 Å². The van der Waals surface area contributed by atoms with E-state index in [0.29, 0.717) is 0 Å². The van der Waals surface area contributed by atoms with Crippen molar-refractivity contribution >= 4 is 17.2 Å². The van der Waals surface area contributed by atoms with Gasteiger partial charge in [0, 0.05) is 22.2 Å². The minimum absolute atomic E-state index is 0.822. The van der Waals surface area contributed by atoms with Crippen molar-refractivity contribution in [2.45, 2.75) is 19.8 Å². The fraction of sp³-hybridized carbons (Fsp3) is 0.250. The Kier molecular flexibility index (Phi) is 2.35. The predicted octanol–water partition coefficient (Wildman–Crippen LogP) is 2.93. The van der Waals surface area contributed by atoms with Crippen LogP contribution in [-0.4, -0.2) is 11.3 Å². The SMILES string of the molecule is CCCc1[nH]c2ccccc2c1C=O. The molecule has 72 valence electrons. The summed E-state index contributed by atoms with van der Waals surface area (Å²) < 4.78 is 0. The molecule has 14 heavy (non-hydrogen) atoms. The Balaban J connectivity index is 2.65. The molecule has 2 nitrogen and oxygen atoms in total. The molecule has 0 spiro atoms. The smallest absolute Gasteiger partial charge is 0.152 e. The zero-order valence-corrected chi connectivity index (χ0v) is 8.21. The number of para-hydroxylation sites is 1. The summed E-state index contributed by atoms with van der Waals surface area (Å²) in [5.41, 5.74) is 2.93. The van der Waals surface area contributed by atoms with Gasteiger partial charge in [0.25, 0.3) is 0 Å². The molecule has 0 atom stereocenters. The summed E-state index contributed by atoms with van der Waals surface area (Å²) in [6.07, 6.45) is 2.93. The van der Waals surface area contributed by atoms with E-state index in [9.17, 15) is 4.79 Å². The molecular formula is C12H13NO. The minimum atomic E-state index is 0.822. The maximum atomic E-state index is 11.0. The van der Waals surface area contributed by atoms with Crippen LogP contribution in [0.25, 0.3) is 10.9 Å². The Morgan fingerprint density at radius 1 is 1.36 bits per heavy atom. The van der Waals surface area contributed by atoms with Crippen molar-refractivity contribution in [2.75, 3.05) is 0 Å². The molecule has 0 unspecified atom stereocenters. The number of aromatic nitrogens is 1. The fourth-order valence-corrected chi connectivity index (χ4v) is 1.80. The van der Waals surface area contributed by atoms with Gasteiger partial charge in [-0.2, -0.15) is 0 Å². The molecule has 2 heteroatoms. The normalized spacial score (nSPS) is 10.6. The topological polar surface area (TPSA) is 32.9 Å². The lowest BCUT2D eigenvalue weighted by Gasteiger charge is -1.93. The van der Waals surface area contributed by atoms with Gasteiger partial charge in [-0.25, -0.2) is 0 Å². The highest BCUT2D eigenvalue weighted by Crippen LogP contribution is 2.21. The Labute approximate surface area is 82.9 Å². The van der Waals surface area contributed by atoms with E-state index < -0.39 is 0 Å². The molecule has 0 amide bonds. The van der Waals surface area contributed by atoms with Gasteiger partial charge in [0.05, 0.1) is 0 Å². The quantitative estimate of drug-likeness (QED) is 0.736. The van der Waals surface area contributed by atoms with Crippen LogP contribution in [0, 0.1) is 0 Å². The maximum absolute atomic E-state index is 11.0. The maximum Gasteiger partial charge on any atom is 0.152 e. The molecule has 0 aliphatic carbocycles. The summed E-state index contributed by atoms with van der Waals surface area (Å²) >= 11 is 0. The number of carbonyl (C=O) groups is 1. The van der Waals surface area contributed by atoms with Crippen molar-refractivity contribution in [3.05, 3.63) is 35.5 Å². The Morgan fingerprint density at radius 2 is 2.14 bits per heavy atom. The van der Waals surface area contributed by atoms with Gasteiger partial charge in [-0.3, -0.25) is 4.79 Å². The summed E-state index contributed by atoms with van der Waals surface area (Å²) in [5.74, 6) is 0. The number of aryl methyl sites for hydroxylation is 1. The number of nitrogens with one attached hydrogen (secondary N) is 1. The zero-order chi connectivity index (χ0) is 9.97. The van der Waals surface area contributed by atoms with Crippen LogP contribution in [0.15, 0.2) is 24.3 Å². The monoisotopic (exact) mass is 187 g/mol. The number of fused-ring (bicyclic) bond motifs is 1. The van der Waals surface area contributed by atoms with Gasteiger partial charge >= 0.3 is 0 Å². The summed E-state index contributed by atoms with van der Waals surface area (Å²) in [6.45, 7) is 2.11. The highest BCUT2D eigenvalue weighted by molar-refractivity contribution is 5.98. The molecule has 0 saturated heterocycles. The highest BCUT2D eigenvalue weighted by atomic mass is 16.1. The first kappa shape index (κ1) is 9.00. The second kappa shape index (κ2) is 3.66. The van der Waals surface area contributed by atoms with E-state index >= 15 is 0 Å². The van der Waals surface area contributed by atoms with E-state index in [1.807, 2.05) is 24.3 Å². The fourth-order valence-electron chi connectivity index (χ4n) is 1.80. The molecule has 0 aliphatic rings. The lowest BCUT2D eigenvalue weighted by atomic mass is 10.1. The van der Waals surface area contributed by atoms with Crippen molar-refractivity contribution in [1.82, 2.24) is 4.98 Å². The van der Waals surface area contributed by atoms with Gasteiger partial charge < -0.3 is 4.98 Å². The van der Waals surface area contributed by atoms with Gasteiger partial charge in [-0.1, -0.05) is 31.5 Å². The van der Waals surface area contributed by atoms with E-state index in [1.165, 1.54) is 0 Å². The van der Waals surface area contributed by atoms with Crippen LogP contribution in [-0.2, 0) is 6.42 Å². The van der Waals surface area contributed by atoms with Gasteiger partial charge in [0.1, 0.15) is 0 Å². The number of hydrogen-bond acceptors (Lipinski definition) is 1. The summed E-state index contributed by atoms with van der Waals surface area (Å²) in [7, 11) is 0. The first-order chi connectivity index (χ1) is 6.86. The van der Waals surface area contributed by atoms with E-state index in [2.05, 4.69) is 11.9 Å². The van der Waals surface area contributed by atoms with Crippen LogP contribution in [0.2, 0.25) is 0 Å². The minimum Gasteiger partial charge on any atom is -0.358 e. The second-order valence-corrected chi connectivity index (χ2v) is 3.43. The third-order valence-electron chi connectivity index (χ3n) is 2.45. The third-order valence-corrected chi connectivity index (χ3v) is 2.45. The molecule has 2 aromatic rings. The largest absolute Gasteiger partial charge is 0.358 e. The number of carbonyl (C=O) groups excluding carboxylic acids is 1. The number of aromatic amines is 1. The molecular weight excluding hydrogens is 174 g/mol. The number of rotatable bonds is 3. The van der Waals surface area contributed by atoms with Gasteiger partial charge in [0.2, 0.25) is 0 Å². The molecule has 1 aromatic carbocycles. The molecule has 0 saturated carbocycles. The highest BCUT2D eigenvalue weighted by Gasteiger charge is 2.08. The van der Waals surface area contributed by atoms with Crippen molar-refractivity contribution in [3.63, 3.8) is 0 Å². The lowest BCUT2D eigenvalue weighted by molar-refractivity contribution is 0.112. The molecule has 0 aliphatic heterocycles. The van der Waals surface area contributed by atoms with Crippen LogP contribution >= 0.6 is 0 Å². The molecule has 0 radical (unpaired) electrons. The van der Waals surface area contributed by atoms with Gasteiger partial charge in [0.15, 0.2) is 6.29 Å². The Morgan fingerprint density at radius 3 is 2.86 bits per heavy atom. The summed E-state index contributed by atoms with van der Waals surface area (Å²) in [5, 5.41) is 1.03. The summed E-state index contributed by atoms with van der Waals surface area (Å²) in [6, 6.07) is 7.91. The molecule has 1 N–H and O–H groups in total. The van der Waals surface area contributed by atoms with Crippen molar-refractivity contribution in [1.29, 1.82) is 0 Å². The van der Waals surface area contributed by atoms with Crippen molar-refractivity contribution in [2.24, 2.45) is 0 Å². The molecule has 1 aromatic heterocycles. The van der Waals surface area contributed by atoms with Crippen molar-refractivity contribution < 1.29 is 4.79 Å². The molecule has 0 fully saturated rings. The van der Waals surface area contributed by atoms with E-state index in [4.69, 9.17) is 0 Å². The van der Waals surface area contributed by atoms with Crippen LogP contribution in [0.4, 0.5) is 0 Å². The van der Waals surface area contributed by atoms with Gasteiger partial charge in [-0.15, -0.1) is 0 Å². The first-order valence-corrected chi connectivity index (χ1v) is 4.91. The Hall–Kier alpha value is -1.57. The van der Waals surface area contributed by atoms with Crippen LogP contribution in [0.1, 0.15) is 29.4 Å². The Bertz CT molecular complexity index is 456. The number of H-pyrrole nitrogens is 1. The second-order valence-electron chi connectivity index (χ2n) is 3.43. The van der Waals surface area contributed by atoms with E-state index in [1.54, 1.807) is 0 Å². The predicted molar refractivity (Wildman–Crippen MR) is 57.7 cm³/mol. The van der Waals surface area contributed by atoms with Gasteiger partial charge in [-0.05, 0) is 12.5 Å². The van der Waals surface area contributed by atoms with Crippen LogP contribution in [0.3, 0.4) is 0 Å². The lowest BCUT2D eigenvalue weighted by Crippen LogP contribution is -1.88. The average Bonchev–Trinajstić information content (AvgIpc) is 2.55. The third kappa shape index (κ3) is 1.33. The molecule has 2 rings (SSSR count). The van der Waals surface area contributed by atoms with Crippen molar-refractivity contribution in [3.8, 4) is 0 Å². The number of hydrogen-bond donors (Lipinski definition) is 1. The molecule has 0 bridgehead atoms. The van der Waals surface area contributed by atoms with Crippen LogP contribution in [0.5, 0.6) is 0 Å². The number of aldehydes is 1. The summed E-state index contributed by atoms with van der Waals surface area (Å²) in [4.78, 5) is 14.2. The number of benzene rings is 1. The standard InChI is InChI=1S/C12H13NO/c1-2-5-11-10(8-14)9-6-3-4-7-12(9)13-11/h3-4,6-8,13H,2,5H2,1H3.